The summed E-state index contributed by atoms with van der Waals surface area (Å²) in [6.45, 7) is -0.568. The summed E-state index contributed by atoms with van der Waals surface area (Å²) in [7, 11) is 0. The van der Waals surface area contributed by atoms with Crippen molar-refractivity contribution in [2.75, 3.05) is 0 Å². The number of thiazole rings is 1. The molecule has 0 saturated carbocycles. The standard InChI is InChI=1S/C17H10F3N3O2S/c18-17(19,20)10-5-6-15(25)23(8-10)9-13(24)11(7-21)16-22-12-3-1-2-4-14(12)26-16/h1-6,8,24H,9H2. The zero-order valence-electron chi connectivity index (χ0n) is 13.0. The molecule has 0 atom stereocenters. The van der Waals surface area contributed by atoms with Gasteiger partial charge in [-0.2, -0.15) is 18.4 Å². The summed E-state index contributed by atoms with van der Waals surface area (Å²) in [6.07, 6.45) is -4.02. The Morgan fingerprint density at radius 2 is 2.00 bits per heavy atom. The average Bonchev–Trinajstić information content (AvgIpc) is 3.00. The first kappa shape index (κ1) is 17.7. The van der Waals surface area contributed by atoms with Crippen LogP contribution in [0.3, 0.4) is 0 Å². The Morgan fingerprint density at radius 3 is 2.65 bits per heavy atom. The molecule has 1 N–H and O–H groups in total. The van der Waals surface area contributed by atoms with E-state index in [0.29, 0.717) is 22.3 Å². The van der Waals surface area contributed by atoms with Gasteiger partial charge in [-0.25, -0.2) is 4.98 Å². The van der Waals surface area contributed by atoms with Crippen LogP contribution in [0.25, 0.3) is 15.8 Å². The van der Waals surface area contributed by atoms with E-state index in [4.69, 9.17) is 0 Å². The zero-order valence-corrected chi connectivity index (χ0v) is 13.8. The lowest BCUT2D eigenvalue weighted by molar-refractivity contribution is -0.138. The predicted octanol–water partition coefficient (Wildman–Crippen LogP) is 3.97. The summed E-state index contributed by atoms with van der Waals surface area (Å²) in [5, 5.41) is 19.8. The molecule has 0 fully saturated rings. The van der Waals surface area contributed by atoms with Gasteiger partial charge in [-0.05, 0) is 18.2 Å². The summed E-state index contributed by atoms with van der Waals surface area (Å²) in [5.74, 6) is -0.534. The van der Waals surface area contributed by atoms with Crippen LogP contribution >= 0.6 is 11.3 Å². The van der Waals surface area contributed by atoms with E-state index in [1.54, 1.807) is 30.3 Å². The lowest BCUT2D eigenvalue weighted by Crippen LogP contribution is -2.22. The average molecular weight is 377 g/mol. The Bertz CT molecular complexity index is 1070. The number of para-hydroxylation sites is 1. The van der Waals surface area contributed by atoms with Gasteiger partial charge in [-0.15, -0.1) is 11.3 Å². The number of allylic oxidation sites excluding steroid dienone is 2. The molecular formula is C17H10F3N3O2S. The van der Waals surface area contributed by atoms with Gasteiger partial charge in [0.1, 0.15) is 22.4 Å². The number of pyridine rings is 1. The zero-order chi connectivity index (χ0) is 18.9. The quantitative estimate of drug-likeness (QED) is 0.553. The van der Waals surface area contributed by atoms with Gasteiger partial charge in [-0.1, -0.05) is 12.1 Å². The number of alkyl halides is 3. The molecule has 0 bridgehead atoms. The number of fused-ring (bicyclic) bond motifs is 1. The van der Waals surface area contributed by atoms with E-state index in [-0.39, 0.29) is 10.6 Å². The molecule has 26 heavy (non-hydrogen) atoms. The third-order valence-electron chi connectivity index (χ3n) is 3.54. The number of halogens is 3. The number of aliphatic hydroxyl groups excluding tert-OH is 1. The fourth-order valence-electron chi connectivity index (χ4n) is 2.28. The highest BCUT2D eigenvalue weighted by molar-refractivity contribution is 7.19. The molecule has 2 aromatic heterocycles. The van der Waals surface area contributed by atoms with Crippen LogP contribution in [0.2, 0.25) is 0 Å². The number of rotatable bonds is 3. The lowest BCUT2D eigenvalue weighted by Gasteiger charge is -2.10. The molecule has 0 radical (unpaired) electrons. The fourth-order valence-corrected chi connectivity index (χ4v) is 3.26. The minimum absolute atomic E-state index is 0.185. The molecular weight excluding hydrogens is 367 g/mol. The van der Waals surface area contributed by atoms with Gasteiger partial charge in [0.25, 0.3) is 5.56 Å². The smallest absolute Gasteiger partial charge is 0.417 e. The topological polar surface area (TPSA) is 78.9 Å². The number of nitriles is 1. The van der Waals surface area contributed by atoms with Gasteiger partial charge < -0.3 is 9.67 Å². The number of hydrogen-bond donors (Lipinski definition) is 1. The first-order valence-electron chi connectivity index (χ1n) is 7.25. The first-order chi connectivity index (χ1) is 12.3. The van der Waals surface area contributed by atoms with Gasteiger partial charge in [0.2, 0.25) is 0 Å². The van der Waals surface area contributed by atoms with Gasteiger partial charge >= 0.3 is 6.18 Å². The molecule has 132 valence electrons. The highest BCUT2D eigenvalue weighted by Gasteiger charge is 2.31. The van der Waals surface area contributed by atoms with Crippen LogP contribution in [0.1, 0.15) is 10.6 Å². The van der Waals surface area contributed by atoms with Gasteiger partial charge in [0, 0.05) is 12.3 Å². The molecule has 0 aliphatic carbocycles. The summed E-state index contributed by atoms with van der Waals surface area (Å²) in [4.78, 5) is 16.0. The van der Waals surface area contributed by atoms with Crippen LogP contribution in [0, 0.1) is 11.3 Å². The number of aromatic nitrogens is 2. The minimum Gasteiger partial charge on any atom is -0.509 e. The number of nitrogens with zero attached hydrogens (tertiary/aromatic N) is 3. The van der Waals surface area contributed by atoms with Crippen molar-refractivity contribution >= 4 is 27.1 Å². The third kappa shape index (κ3) is 3.45. The maximum Gasteiger partial charge on any atom is 0.417 e. The lowest BCUT2D eigenvalue weighted by atomic mass is 10.2. The summed E-state index contributed by atoms with van der Waals surface area (Å²) < 4.78 is 39.9. The summed E-state index contributed by atoms with van der Waals surface area (Å²) in [5.41, 5.74) is -1.31. The van der Waals surface area contributed by atoms with Crippen LogP contribution in [0.15, 0.2) is 53.1 Å². The fraction of sp³-hybridized carbons (Fsp3) is 0.118. The molecule has 0 unspecified atom stereocenters. The van der Waals surface area contributed by atoms with Crippen molar-refractivity contribution < 1.29 is 18.3 Å². The van der Waals surface area contributed by atoms with Gasteiger partial charge in [0.15, 0.2) is 0 Å². The van der Waals surface area contributed by atoms with E-state index in [0.717, 1.165) is 22.1 Å². The summed E-state index contributed by atoms with van der Waals surface area (Å²) in [6, 6.07) is 10.3. The van der Waals surface area contributed by atoms with Crippen molar-refractivity contribution in [2.24, 2.45) is 0 Å². The van der Waals surface area contributed by atoms with Crippen LogP contribution < -0.4 is 5.56 Å². The SMILES string of the molecule is N#CC(=C(O)Cn1cc(C(F)(F)F)ccc1=O)c1nc2ccccc2s1. The Kier molecular flexibility index (Phi) is 4.52. The normalized spacial score (nSPS) is 12.7. The second-order valence-electron chi connectivity index (χ2n) is 5.30. The minimum atomic E-state index is -4.63. The highest BCUT2D eigenvalue weighted by Crippen LogP contribution is 2.29. The van der Waals surface area contributed by atoms with Crippen LogP contribution in [-0.4, -0.2) is 14.7 Å². The van der Waals surface area contributed by atoms with Gasteiger partial charge in [0.05, 0.1) is 22.3 Å². The van der Waals surface area contributed by atoms with Crippen LogP contribution in [-0.2, 0) is 12.7 Å². The van der Waals surface area contributed by atoms with Crippen LogP contribution in [0.4, 0.5) is 13.2 Å². The van der Waals surface area contributed by atoms with Crippen molar-refractivity contribution in [1.29, 1.82) is 5.26 Å². The van der Waals surface area contributed by atoms with E-state index < -0.39 is 29.6 Å². The maximum absolute atomic E-state index is 12.8. The molecule has 5 nitrogen and oxygen atoms in total. The molecule has 3 aromatic rings. The van der Waals surface area contributed by atoms with Crippen LogP contribution in [0.5, 0.6) is 0 Å². The van der Waals surface area contributed by atoms with E-state index in [2.05, 4.69) is 4.98 Å². The molecule has 0 amide bonds. The molecule has 0 saturated heterocycles. The third-order valence-corrected chi connectivity index (χ3v) is 4.59. The number of aliphatic hydroxyl groups is 1. The Hall–Kier alpha value is -3.12. The van der Waals surface area contributed by atoms with Crippen molar-refractivity contribution in [1.82, 2.24) is 9.55 Å². The predicted molar refractivity (Wildman–Crippen MR) is 90.5 cm³/mol. The number of benzene rings is 1. The second kappa shape index (κ2) is 6.65. The molecule has 9 heteroatoms. The molecule has 0 aliphatic rings. The molecule has 1 aromatic carbocycles. The second-order valence-corrected chi connectivity index (χ2v) is 6.33. The molecule has 0 spiro atoms. The monoisotopic (exact) mass is 377 g/mol. The van der Waals surface area contributed by atoms with Crippen molar-refractivity contribution in [3.05, 3.63) is 69.3 Å². The van der Waals surface area contributed by atoms with Crippen molar-refractivity contribution in [3.8, 4) is 6.07 Å². The first-order valence-corrected chi connectivity index (χ1v) is 8.07. The summed E-state index contributed by atoms with van der Waals surface area (Å²) >= 11 is 1.16. The molecule has 0 aliphatic heterocycles. The van der Waals surface area contributed by atoms with E-state index >= 15 is 0 Å². The Labute approximate surface area is 148 Å². The van der Waals surface area contributed by atoms with Gasteiger partial charge in [-0.3, -0.25) is 4.79 Å². The van der Waals surface area contributed by atoms with E-state index in [9.17, 15) is 28.3 Å². The van der Waals surface area contributed by atoms with Crippen molar-refractivity contribution in [2.45, 2.75) is 12.7 Å². The van der Waals surface area contributed by atoms with E-state index in [1.807, 2.05) is 0 Å². The highest BCUT2D eigenvalue weighted by atomic mass is 32.1. The maximum atomic E-state index is 12.8. The Morgan fingerprint density at radius 1 is 1.27 bits per heavy atom. The molecule has 2 heterocycles. The Balaban J connectivity index is 2.02. The van der Waals surface area contributed by atoms with Crippen molar-refractivity contribution in [3.63, 3.8) is 0 Å². The largest absolute Gasteiger partial charge is 0.509 e. The van der Waals surface area contributed by atoms with E-state index in [1.165, 1.54) is 0 Å². The number of hydrogen-bond acceptors (Lipinski definition) is 5. The molecule has 3 rings (SSSR count).